The van der Waals surface area contributed by atoms with Crippen LogP contribution in [0.3, 0.4) is 0 Å². The molecule has 2 aromatic heterocycles. The van der Waals surface area contributed by atoms with Crippen molar-refractivity contribution in [1.82, 2.24) is 0 Å². The number of hydrogen-bond acceptors (Lipinski definition) is 2. The molecule has 10 rings (SSSR count). The van der Waals surface area contributed by atoms with E-state index >= 15 is 26.3 Å². The predicted molar refractivity (Wildman–Crippen MR) is 180 cm³/mol. The number of fused-ring (bicyclic) bond motifs is 12. The summed E-state index contributed by atoms with van der Waals surface area (Å²) in [5.74, 6) is -16.0. The van der Waals surface area contributed by atoms with Gasteiger partial charge in [-0.2, -0.15) is 26.3 Å². The fourth-order valence-electron chi connectivity index (χ4n) is 7.69. The molecule has 8 heteroatoms. The Morgan fingerprint density at radius 2 is 0.776 bits per heavy atom. The van der Waals surface area contributed by atoms with Gasteiger partial charge in [0, 0.05) is 43.8 Å². The molecule has 2 heterocycles. The van der Waals surface area contributed by atoms with Gasteiger partial charge >= 0.3 is 17.8 Å². The average molecular weight is 659 g/mol. The molecule has 0 saturated carbocycles. The van der Waals surface area contributed by atoms with E-state index in [2.05, 4.69) is 0 Å². The van der Waals surface area contributed by atoms with Crippen LogP contribution in [-0.4, -0.2) is 5.92 Å². The van der Waals surface area contributed by atoms with E-state index < -0.39 is 28.9 Å². The Kier molecular flexibility index (Phi) is 5.32. The van der Waals surface area contributed by atoms with Gasteiger partial charge in [0.25, 0.3) is 0 Å². The minimum absolute atomic E-state index is 0.149. The Morgan fingerprint density at radius 1 is 0.367 bits per heavy atom. The van der Waals surface area contributed by atoms with Crippen LogP contribution in [0.15, 0.2) is 130 Å². The number of rotatable bonds is 2. The molecule has 0 fully saturated rings. The molecule has 0 bridgehead atoms. The molecule has 0 radical (unpaired) electrons. The first-order valence-corrected chi connectivity index (χ1v) is 15.6. The van der Waals surface area contributed by atoms with Gasteiger partial charge in [0.05, 0.1) is 0 Å². The molecule has 49 heavy (non-hydrogen) atoms. The van der Waals surface area contributed by atoms with Crippen LogP contribution in [0.25, 0.3) is 87.7 Å². The molecule has 238 valence electrons. The zero-order valence-corrected chi connectivity index (χ0v) is 25.1. The van der Waals surface area contributed by atoms with E-state index in [1.54, 1.807) is 48.5 Å². The van der Waals surface area contributed by atoms with Crippen LogP contribution >= 0.6 is 0 Å². The highest BCUT2D eigenvalue weighted by molar-refractivity contribution is 6.16. The second kappa shape index (κ2) is 9.23. The van der Waals surface area contributed by atoms with Crippen molar-refractivity contribution >= 4 is 65.4 Å². The summed E-state index contributed by atoms with van der Waals surface area (Å²) in [4.78, 5) is 0. The Morgan fingerprint density at radius 3 is 1.22 bits per heavy atom. The Labute approximate surface area is 272 Å². The summed E-state index contributed by atoms with van der Waals surface area (Å²) < 4.78 is 106. The first kappa shape index (κ1) is 28.3. The lowest BCUT2D eigenvalue weighted by Gasteiger charge is -2.23. The van der Waals surface area contributed by atoms with E-state index in [0.29, 0.717) is 44.6 Å². The lowest BCUT2D eigenvalue weighted by Crippen LogP contribution is -2.43. The Hall–Kier alpha value is -5.76. The summed E-state index contributed by atoms with van der Waals surface area (Å²) >= 11 is 0. The van der Waals surface area contributed by atoms with Crippen molar-refractivity contribution in [3.05, 3.63) is 132 Å². The highest BCUT2D eigenvalue weighted by atomic mass is 19.3. The molecule has 1 aliphatic carbocycles. The lowest BCUT2D eigenvalue weighted by molar-refractivity contribution is -0.301. The van der Waals surface area contributed by atoms with Gasteiger partial charge in [0.2, 0.25) is 0 Å². The topological polar surface area (TPSA) is 26.3 Å². The summed E-state index contributed by atoms with van der Waals surface area (Å²) in [6.45, 7) is 0. The average Bonchev–Trinajstić information content (AvgIpc) is 3.71. The number of halogens is 6. The van der Waals surface area contributed by atoms with E-state index in [-0.39, 0.29) is 21.5 Å². The van der Waals surface area contributed by atoms with Gasteiger partial charge in [-0.3, -0.25) is 0 Å². The Bertz CT molecular complexity index is 2680. The molecule has 0 aliphatic heterocycles. The van der Waals surface area contributed by atoms with Crippen LogP contribution in [0.4, 0.5) is 26.3 Å². The zero-order valence-electron chi connectivity index (χ0n) is 25.1. The van der Waals surface area contributed by atoms with Gasteiger partial charge in [-0.1, -0.05) is 97.1 Å². The molecule has 0 saturated heterocycles. The van der Waals surface area contributed by atoms with Crippen LogP contribution in [0, 0.1) is 0 Å². The van der Waals surface area contributed by atoms with Crippen molar-refractivity contribution in [2.24, 2.45) is 0 Å². The van der Waals surface area contributed by atoms with Gasteiger partial charge in [0.1, 0.15) is 22.3 Å². The summed E-state index contributed by atoms with van der Waals surface area (Å²) in [6.07, 6.45) is 0. The SMILES string of the molecule is FC1(F)c2c(c3cc(-c4cccc5c4oc4ccccc45)ccc3c3ccc(-c4cccc5c4oc4ccccc45)cc23)C(F)(F)C1(F)F. The van der Waals surface area contributed by atoms with Crippen LogP contribution < -0.4 is 0 Å². The van der Waals surface area contributed by atoms with Crippen LogP contribution in [0.1, 0.15) is 11.1 Å². The zero-order chi connectivity index (χ0) is 33.4. The number of alkyl halides is 6. The second-order valence-electron chi connectivity index (χ2n) is 12.6. The van der Waals surface area contributed by atoms with Gasteiger partial charge in [-0.25, -0.2) is 0 Å². The van der Waals surface area contributed by atoms with Crippen molar-refractivity contribution < 1.29 is 35.2 Å². The summed E-state index contributed by atoms with van der Waals surface area (Å²) in [6, 6.07) is 34.4. The molecule has 0 N–H and O–H groups in total. The lowest BCUT2D eigenvalue weighted by atomic mass is 9.88. The van der Waals surface area contributed by atoms with Crippen molar-refractivity contribution in [3.63, 3.8) is 0 Å². The summed E-state index contributed by atoms with van der Waals surface area (Å²) in [7, 11) is 0. The highest BCUT2D eigenvalue weighted by Gasteiger charge is 2.80. The second-order valence-corrected chi connectivity index (χ2v) is 12.6. The maximum absolute atomic E-state index is 15.9. The minimum Gasteiger partial charge on any atom is -0.455 e. The van der Waals surface area contributed by atoms with Crippen molar-refractivity contribution in [2.75, 3.05) is 0 Å². The van der Waals surface area contributed by atoms with E-state index in [1.165, 1.54) is 24.3 Å². The van der Waals surface area contributed by atoms with Gasteiger partial charge in [0.15, 0.2) is 0 Å². The maximum atomic E-state index is 15.9. The number of hydrogen-bond donors (Lipinski definition) is 0. The molecule has 1 aliphatic rings. The number of benzene rings is 7. The van der Waals surface area contributed by atoms with Crippen molar-refractivity contribution in [3.8, 4) is 22.3 Å². The molecular formula is C41H20F6O2. The molecule has 2 nitrogen and oxygen atoms in total. The predicted octanol–water partition coefficient (Wildman–Crippen LogP) is 13.0. The standard InChI is InChI=1S/C41H20F6O2/c42-39(43)35-31-19-21(23-9-5-11-29-27-7-1-3-13-33(27)48-37(23)29)15-17-25(31)26-18-16-22(20-32(26)36(35)40(44,45)41(39,46)47)24-10-6-12-30-28-8-2-4-14-34(28)49-38(24)30/h1-20H. The molecule has 0 unspecified atom stereocenters. The third-order valence-electron chi connectivity index (χ3n) is 9.97. The van der Waals surface area contributed by atoms with Gasteiger partial charge in [-0.05, 0) is 56.9 Å². The quantitative estimate of drug-likeness (QED) is 0.136. The molecule has 0 amide bonds. The molecule has 0 spiro atoms. The number of furan rings is 2. The van der Waals surface area contributed by atoms with E-state index in [9.17, 15) is 0 Å². The normalized spacial score (nSPS) is 16.4. The van der Waals surface area contributed by atoms with Gasteiger partial charge < -0.3 is 8.83 Å². The molecule has 0 atom stereocenters. The van der Waals surface area contributed by atoms with Crippen LogP contribution in [-0.2, 0) is 11.8 Å². The van der Waals surface area contributed by atoms with E-state index in [0.717, 1.165) is 21.5 Å². The van der Waals surface area contributed by atoms with E-state index in [4.69, 9.17) is 8.83 Å². The Balaban J connectivity index is 1.28. The molecule has 9 aromatic rings. The monoisotopic (exact) mass is 658 g/mol. The third-order valence-corrected chi connectivity index (χ3v) is 9.97. The summed E-state index contributed by atoms with van der Waals surface area (Å²) in [5, 5.41) is 2.77. The first-order valence-electron chi connectivity index (χ1n) is 15.6. The van der Waals surface area contributed by atoms with Crippen molar-refractivity contribution in [1.29, 1.82) is 0 Å². The van der Waals surface area contributed by atoms with Crippen LogP contribution in [0.2, 0.25) is 0 Å². The molecular weight excluding hydrogens is 638 g/mol. The third kappa shape index (κ3) is 3.48. The first-order chi connectivity index (χ1) is 23.6. The van der Waals surface area contributed by atoms with E-state index in [1.807, 2.05) is 48.5 Å². The fraction of sp³-hybridized carbons (Fsp3) is 0.0732. The number of para-hydroxylation sites is 4. The minimum atomic E-state index is -5.67. The molecule has 7 aromatic carbocycles. The van der Waals surface area contributed by atoms with Crippen molar-refractivity contribution in [2.45, 2.75) is 17.8 Å². The maximum Gasteiger partial charge on any atom is 0.380 e. The summed E-state index contributed by atoms with van der Waals surface area (Å²) in [5.41, 5.74) is 1.15. The van der Waals surface area contributed by atoms with Crippen LogP contribution in [0.5, 0.6) is 0 Å². The highest BCUT2D eigenvalue weighted by Crippen LogP contribution is 2.66. The largest absolute Gasteiger partial charge is 0.455 e. The fourth-order valence-corrected chi connectivity index (χ4v) is 7.69. The smallest absolute Gasteiger partial charge is 0.380 e. The van der Waals surface area contributed by atoms with Gasteiger partial charge in [-0.15, -0.1) is 0 Å².